The molecule has 0 fully saturated rings. The maximum absolute atomic E-state index is 12.3. The van der Waals surface area contributed by atoms with Crippen molar-refractivity contribution in [2.75, 3.05) is 10.6 Å². The fourth-order valence-electron chi connectivity index (χ4n) is 2.51. The molecule has 0 radical (unpaired) electrons. The van der Waals surface area contributed by atoms with Crippen LogP contribution in [0.1, 0.15) is 12.5 Å². The van der Waals surface area contributed by atoms with Crippen molar-refractivity contribution in [3.63, 3.8) is 0 Å². The summed E-state index contributed by atoms with van der Waals surface area (Å²) in [5.41, 5.74) is 2.02. The molecule has 1 atom stereocenters. The number of carbonyl (C=O) groups excluding carboxylic acids is 1. The first-order valence-electron chi connectivity index (χ1n) is 7.72. The van der Waals surface area contributed by atoms with Gasteiger partial charge in [-0.3, -0.25) is 4.79 Å². The Hall–Kier alpha value is -3.32. The predicted octanol–water partition coefficient (Wildman–Crippen LogP) is 4.15. The lowest BCUT2D eigenvalue weighted by molar-refractivity contribution is -0.116. The van der Waals surface area contributed by atoms with Gasteiger partial charge in [-0.05, 0) is 48.0 Å². The Morgan fingerprint density at radius 1 is 0.958 bits per heavy atom. The van der Waals surface area contributed by atoms with E-state index in [1.54, 1.807) is 31.2 Å². The summed E-state index contributed by atoms with van der Waals surface area (Å²) in [6.45, 7) is 1.80. The molecule has 0 spiro atoms. The van der Waals surface area contributed by atoms with Gasteiger partial charge >= 0.3 is 0 Å². The molecule has 0 unspecified atom stereocenters. The number of rotatable bonds is 4. The summed E-state index contributed by atoms with van der Waals surface area (Å²) in [5.74, 6) is -0.154. The van der Waals surface area contributed by atoms with Crippen molar-refractivity contribution in [2.45, 2.75) is 13.0 Å². The molecule has 3 rings (SSSR count). The van der Waals surface area contributed by atoms with Gasteiger partial charge in [0, 0.05) is 11.4 Å². The SMILES string of the molecule is C[C@H](Nc1ccc2ccccc2c1)C(=O)Nc1cccc(C#N)c1. The van der Waals surface area contributed by atoms with Crippen molar-refractivity contribution >= 4 is 28.1 Å². The van der Waals surface area contributed by atoms with Crippen LogP contribution in [0.25, 0.3) is 10.8 Å². The summed E-state index contributed by atoms with van der Waals surface area (Å²) in [5, 5.41) is 17.2. The first kappa shape index (κ1) is 15.6. The van der Waals surface area contributed by atoms with Gasteiger partial charge in [-0.1, -0.05) is 36.4 Å². The van der Waals surface area contributed by atoms with Crippen LogP contribution in [-0.4, -0.2) is 11.9 Å². The summed E-state index contributed by atoms with van der Waals surface area (Å²) >= 11 is 0. The van der Waals surface area contributed by atoms with Crippen molar-refractivity contribution in [1.82, 2.24) is 0 Å². The average molecular weight is 315 g/mol. The predicted molar refractivity (Wildman–Crippen MR) is 96.8 cm³/mol. The van der Waals surface area contributed by atoms with Crippen molar-refractivity contribution in [3.05, 3.63) is 72.3 Å². The van der Waals surface area contributed by atoms with E-state index in [1.807, 2.05) is 36.4 Å². The number of anilines is 2. The second-order valence-electron chi connectivity index (χ2n) is 5.61. The maximum Gasteiger partial charge on any atom is 0.246 e. The Labute approximate surface area is 140 Å². The van der Waals surface area contributed by atoms with Gasteiger partial charge in [0.25, 0.3) is 0 Å². The van der Waals surface area contributed by atoms with Gasteiger partial charge in [0.1, 0.15) is 6.04 Å². The smallest absolute Gasteiger partial charge is 0.246 e. The molecule has 0 aliphatic heterocycles. The lowest BCUT2D eigenvalue weighted by Crippen LogP contribution is -2.31. The molecule has 4 heteroatoms. The standard InChI is InChI=1S/C20H17N3O/c1-14(20(24)23-18-8-4-5-15(11-18)13-21)22-19-10-9-16-6-2-3-7-17(16)12-19/h2-12,14,22H,1H3,(H,23,24)/t14-/m0/s1. The zero-order valence-corrected chi connectivity index (χ0v) is 13.3. The molecule has 3 aromatic rings. The highest BCUT2D eigenvalue weighted by atomic mass is 16.2. The first-order chi connectivity index (χ1) is 11.7. The zero-order chi connectivity index (χ0) is 16.9. The quantitative estimate of drug-likeness (QED) is 0.760. The Balaban J connectivity index is 1.69. The number of nitrogens with zero attached hydrogens (tertiary/aromatic N) is 1. The van der Waals surface area contributed by atoms with E-state index in [9.17, 15) is 4.79 Å². The highest BCUT2D eigenvalue weighted by Gasteiger charge is 2.13. The normalized spacial score (nSPS) is 11.5. The monoisotopic (exact) mass is 315 g/mol. The largest absolute Gasteiger partial charge is 0.374 e. The topological polar surface area (TPSA) is 64.9 Å². The molecule has 2 N–H and O–H groups in total. The van der Waals surface area contributed by atoms with Crippen LogP contribution in [0.4, 0.5) is 11.4 Å². The van der Waals surface area contributed by atoms with Crippen molar-refractivity contribution < 1.29 is 4.79 Å². The van der Waals surface area contributed by atoms with Crippen LogP contribution in [0.5, 0.6) is 0 Å². The Bertz CT molecular complexity index is 927. The van der Waals surface area contributed by atoms with E-state index in [4.69, 9.17) is 5.26 Å². The maximum atomic E-state index is 12.3. The molecule has 1 amide bonds. The fraction of sp³-hybridized carbons (Fsp3) is 0.100. The number of nitrogens with one attached hydrogen (secondary N) is 2. The lowest BCUT2D eigenvalue weighted by atomic mass is 10.1. The Kier molecular flexibility index (Phi) is 4.44. The third-order valence-electron chi connectivity index (χ3n) is 3.79. The van der Waals surface area contributed by atoms with Gasteiger partial charge in [0.05, 0.1) is 11.6 Å². The molecule has 0 aliphatic rings. The number of fused-ring (bicyclic) bond motifs is 1. The van der Waals surface area contributed by atoms with Crippen molar-refractivity contribution in [1.29, 1.82) is 5.26 Å². The molecule has 4 nitrogen and oxygen atoms in total. The van der Waals surface area contributed by atoms with E-state index in [-0.39, 0.29) is 5.91 Å². The number of amides is 1. The molecule has 3 aromatic carbocycles. The molecule has 0 saturated carbocycles. The van der Waals surface area contributed by atoms with Gasteiger partial charge in [0.2, 0.25) is 5.91 Å². The molecule has 0 aliphatic carbocycles. The fourth-order valence-corrected chi connectivity index (χ4v) is 2.51. The van der Waals surface area contributed by atoms with E-state index in [0.29, 0.717) is 11.3 Å². The minimum absolute atomic E-state index is 0.154. The van der Waals surface area contributed by atoms with E-state index < -0.39 is 6.04 Å². The van der Waals surface area contributed by atoms with E-state index in [2.05, 4.69) is 22.8 Å². The second kappa shape index (κ2) is 6.84. The van der Waals surface area contributed by atoms with Crippen LogP contribution in [0, 0.1) is 11.3 Å². The van der Waals surface area contributed by atoms with Crippen LogP contribution in [-0.2, 0) is 4.79 Å². The number of carbonyl (C=O) groups is 1. The highest BCUT2D eigenvalue weighted by Crippen LogP contribution is 2.19. The van der Waals surface area contributed by atoms with Crippen LogP contribution in [0.15, 0.2) is 66.7 Å². The summed E-state index contributed by atoms with van der Waals surface area (Å²) in [6, 6.07) is 22.6. The zero-order valence-electron chi connectivity index (χ0n) is 13.3. The molecule has 0 aromatic heterocycles. The number of hydrogen-bond acceptors (Lipinski definition) is 3. The average Bonchev–Trinajstić information content (AvgIpc) is 2.61. The van der Waals surface area contributed by atoms with Crippen LogP contribution in [0.3, 0.4) is 0 Å². The summed E-state index contributed by atoms with van der Waals surface area (Å²) in [6.07, 6.45) is 0. The molecular weight excluding hydrogens is 298 g/mol. The van der Waals surface area contributed by atoms with Gasteiger partial charge in [-0.25, -0.2) is 0 Å². The van der Waals surface area contributed by atoms with Crippen molar-refractivity contribution in [3.8, 4) is 6.07 Å². The molecule has 24 heavy (non-hydrogen) atoms. The Morgan fingerprint density at radius 3 is 2.54 bits per heavy atom. The van der Waals surface area contributed by atoms with Crippen molar-refractivity contribution in [2.24, 2.45) is 0 Å². The molecular formula is C20H17N3O. The van der Waals surface area contributed by atoms with E-state index >= 15 is 0 Å². The molecule has 0 saturated heterocycles. The van der Waals surface area contributed by atoms with Crippen LogP contribution >= 0.6 is 0 Å². The minimum Gasteiger partial charge on any atom is -0.374 e. The number of nitriles is 1. The Morgan fingerprint density at radius 2 is 1.75 bits per heavy atom. The van der Waals surface area contributed by atoms with E-state index in [1.165, 1.54) is 0 Å². The van der Waals surface area contributed by atoms with Gasteiger partial charge < -0.3 is 10.6 Å². The van der Waals surface area contributed by atoms with Gasteiger partial charge in [0.15, 0.2) is 0 Å². The van der Waals surface area contributed by atoms with Crippen LogP contribution in [0.2, 0.25) is 0 Å². The lowest BCUT2D eigenvalue weighted by Gasteiger charge is -2.16. The molecule has 0 heterocycles. The molecule has 118 valence electrons. The van der Waals surface area contributed by atoms with Crippen LogP contribution < -0.4 is 10.6 Å². The highest BCUT2D eigenvalue weighted by molar-refractivity contribution is 5.96. The summed E-state index contributed by atoms with van der Waals surface area (Å²) in [4.78, 5) is 12.3. The summed E-state index contributed by atoms with van der Waals surface area (Å²) < 4.78 is 0. The first-order valence-corrected chi connectivity index (χ1v) is 7.72. The third-order valence-corrected chi connectivity index (χ3v) is 3.79. The number of hydrogen-bond donors (Lipinski definition) is 2. The van der Waals surface area contributed by atoms with Gasteiger partial charge in [-0.2, -0.15) is 5.26 Å². The number of benzene rings is 3. The summed E-state index contributed by atoms with van der Waals surface area (Å²) in [7, 11) is 0. The van der Waals surface area contributed by atoms with E-state index in [0.717, 1.165) is 16.5 Å². The van der Waals surface area contributed by atoms with Gasteiger partial charge in [-0.15, -0.1) is 0 Å². The third kappa shape index (κ3) is 3.53. The molecule has 0 bridgehead atoms. The second-order valence-corrected chi connectivity index (χ2v) is 5.61. The minimum atomic E-state index is -0.406.